The highest BCUT2D eigenvalue weighted by atomic mass is 16.4. The van der Waals surface area contributed by atoms with Gasteiger partial charge < -0.3 is 20.8 Å². The number of carbonyl (C=O) groups excluding carboxylic acids is 1. The molecule has 0 unspecified atom stereocenters. The third-order valence-electron chi connectivity index (χ3n) is 3.54. The van der Waals surface area contributed by atoms with Crippen molar-refractivity contribution < 1.29 is 19.8 Å². The van der Waals surface area contributed by atoms with Gasteiger partial charge in [-0.05, 0) is 44.0 Å². The van der Waals surface area contributed by atoms with Crippen molar-refractivity contribution in [2.75, 3.05) is 17.2 Å². The van der Waals surface area contributed by atoms with E-state index in [9.17, 15) is 14.7 Å². The second kappa shape index (κ2) is 8.80. The van der Waals surface area contributed by atoms with Crippen LogP contribution >= 0.6 is 0 Å². The molecule has 0 fully saturated rings. The van der Waals surface area contributed by atoms with Crippen LogP contribution in [0.1, 0.15) is 29.8 Å². The summed E-state index contributed by atoms with van der Waals surface area (Å²) in [7, 11) is 0. The van der Waals surface area contributed by atoms with E-state index in [0.29, 0.717) is 24.5 Å². The van der Waals surface area contributed by atoms with Gasteiger partial charge in [0.1, 0.15) is 5.75 Å². The van der Waals surface area contributed by atoms with Crippen LogP contribution in [-0.4, -0.2) is 38.6 Å². The van der Waals surface area contributed by atoms with E-state index in [0.717, 1.165) is 11.4 Å². The molecular weight excluding hydrogens is 336 g/mol. The summed E-state index contributed by atoms with van der Waals surface area (Å²) in [5.41, 5.74) is 2.45. The molecule has 0 aliphatic heterocycles. The molecule has 4 N–H and O–H groups in total. The quantitative estimate of drug-likeness (QED) is 0.421. The average molecular weight is 358 g/mol. The summed E-state index contributed by atoms with van der Waals surface area (Å²) in [6, 6.07) is 6.21. The lowest BCUT2D eigenvalue weighted by atomic mass is 10.1. The minimum atomic E-state index is -0.979. The molecule has 1 amide bonds. The molecule has 8 nitrogen and oxygen atoms in total. The molecule has 0 atom stereocenters. The molecule has 0 saturated carbocycles. The van der Waals surface area contributed by atoms with Crippen LogP contribution < -0.4 is 10.6 Å². The predicted octanol–water partition coefficient (Wildman–Crippen LogP) is 2.26. The number of carboxylic acids is 1. The maximum Gasteiger partial charge on any atom is 0.307 e. The van der Waals surface area contributed by atoms with E-state index in [4.69, 9.17) is 5.11 Å². The normalized spacial score (nSPS) is 10.4. The van der Waals surface area contributed by atoms with E-state index in [1.165, 1.54) is 18.2 Å². The Morgan fingerprint density at radius 3 is 2.46 bits per heavy atom. The van der Waals surface area contributed by atoms with E-state index in [2.05, 4.69) is 20.6 Å². The topological polar surface area (TPSA) is 124 Å². The number of rotatable bonds is 8. The standard InChI is InChI=1S/C18H22N4O4/c1-11-8-12(2)21-18(20-11)19-7-3-4-16(24)22-14-9-13(10-17(25)26)5-6-15(14)23/h5-6,8-9,23H,3-4,7,10H2,1-2H3,(H,22,24)(H,25,26)(H,19,20,21). The van der Waals surface area contributed by atoms with E-state index in [1.807, 2.05) is 19.9 Å². The number of carbonyl (C=O) groups is 2. The number of aliphatic carboxylic acids is 1. The lowest BCUT2D eigenvalue weighted by Gasteiger charge is -2.10. The van der Waals surface area contributed by atoms with Gasteiger partial charge in [0.2, 0.25) is 11.9 Å². The van der Waals surface area contributed by atoms with Crippen molar-refractivity contribution in [3.63, 3.8) is 0 Å². The zero-order valence-corrected chi connectivity index (χ0v) is 14.7. The first-order valence-corrected chi connectivity index (χ1v) is 8.23. The monoisotopic (exact) mass is 358 g/mol. The Kier molecular flexibility index (Phi) is 6.48. The summed E-state index contributed by atoms with van der Waals surface area (Å²) in [5.74, 6) is -0.820. The van der Waals surface area contributed by atoms with Crippen LogP contribution in [0.15, 0.2) is 24.3 Å². The van der Waals surface area contributed by atoms with Gasteiger partial charge in [-0.2, -0.15) is 0 Å². The van der Waals surface area contributed by atoms with Crippen LogP contribution in [0.3, 0.4) is 0 Å². The van der Waals surface area contributed by atoms with Crippen LogP contribution in [0.2, 0.25) is 0 Å². The highest BCUT2D eigenvalue weighted by molar-refractivity contribution is 5.92. The van der Waals surface area contributed by atoms with Crippen molar-refractivity contribution in [2.45, 2.75) is 33.1 Å². The Hall–Kier alpha value is -3.16. The number of nitrogens with zero attached hydrogens (tertiary/aromatic N) is 2. The number of phenols is 1. The van der Waals surface area contributed by atoms with Gasteiger partial charge in [-0.25, -0.2) is 9.97 Å². The average Bonchev–Trinajstić information content (AvgIpc) is 2.53. The van der Waals surface area contributed by atoms with Gasteiger partial charge >= 0.3 is 5.97 Å². The maximum absolute atomic E-state index is 12.0. The SMILES string of the molecule is Cc1cc(C)nc(NCCCC(=O)Nc2cc(CC(=O)O)ccc2O)n1. The molecule has 0 aliphatic rings. The van der Waals surface area contributed by atoms with Crippen molar-refractivity contribution in [3.8, 4) is 5.75 Å². The molecule has 26 heavy (non-hydrogen) atoms. The Balaban J connectivity index is 1.82. The number of amides is 1. The molecule has 2 aromatic rings. The summed E-state index contributed by atoms with van der Waals surface area (Å²) >= 11 is 0. The fourth-order valence-electron chi connectivity index (χ4n) is 2.43. The van der Waals surface area contributed by atoms with E-state index < -0.39 is 5.97 Å². The number of aromatic hydroxyl groups is 1. The maximum atomic E-state index is 12.0. The fraction of sp³-hybridized carbons (Fsp3) is 0.333. The number of hydrogen-bond donors (Lipinski definition) is 4. The summed E-state index contributed by atoms with van der Waals surface area (Å²) < 4.78 is 0. The lowest BCUT2D eigenvalue weighted by molar-refractivity contribution is -0.136. The van der Waals surface area contributed by atoms with Crippen LogP contribution in [0, 0.1) is 13.8 Å². The number of nitrogens with one attached hydrogen (secondary N) is 2. The third kappa shape index (κ3) is 6.04. The highest BCUT2D eigenvalue weighted by Crippen LogP contribution is 2.24. The summed E-state index contributed by atoms with van der Waals surface area (Å²) in [6.45, 7) is 4.30. The summed E-state index contributed by atoms with van der Waals surface area (Å²) in [5, 5.41) is 24.3. The molecule has 0 radical (unpaired) electrons. The molecule has 1 aromatic heterocycles. The van der Waals surface area contributed by atoms with Crippen molar-refractivity contribution in [1.29, 1.82) is 0 Å². The fourth-order valence-corrected chi connectivity index (χ4v) is 2.43. The molecule has 0 saturated heterocycles. The number of aryl methyl sites for hydroxylation is 2. The van der Waals surface area contributed by atoms with Crippen LogP contribution in [0.5, 0.6) is 5.75 Å². The van der Waals surface area contributed by atoms with E-state index >= 15 is 0 Å². The molecule has 2 rings (SSSR count). The first-order chi connectivity index (χ1) is 12.3. The zero-order valence-electron chi connectivity index (χ0n) is 14.7. The third-order valence-corrected chi connectivity index (χ3v) is 3.54. The van der Waals surface area contributed by atoms with Crippen LogP contribution in [-0.2, 0) is 16.0 Å². The number of anilines is 2. The largest absolute Gasteiger partial charge is 0.506 e. The van der Waals surface area contributed by atoms with Gasteiger partial charge in [0.15, 0.2) is 0 Å². The Labute approximate surface area is 151 Å². The van der Waals surface area contributed by atoms with Gasteiger partial charge in [0.25, 0.3) is 0 Å². The molecule has 0 spiro atoms. The van der Waals surface area contributed by atoms with Gasteiger partial charge in [-0.15, -0.1) is 0 Å². The molecular formula is C18H22N4O4. The number of carboxylic acid groups (broad SMARTS) is 1. The molecule has 138 valence electrons. The molecule has 0 aliphatic carbocycles. The second-order valence-electron chi connectivity index (χ2n) is 5.97. The zero-order chi connectivity index (χ0) is 19.1. The van der Waals surface area contributed by atoms with E-state index in [-0.39, 0.29) is 30.2 Å². The smallest absolute Gasteiger partial charge is 0.307 e. The Bertz CT molecular complexity index is 788. The first kappa shape index (κ1) is 19.2. The van der Waals surface area contributed by atoms with Crippen molar-refractivity contribution in [2.24, 2.45) is 0 Å². The number of benzene rings is 1. The summed E-state index contributed by atoms with van der Waals surface area (Å²) in [6.07, 6.45) is 0.612. The van der Waals surface area contributed by atoms with Crippen LogP contribution in [0.25, 0.3) is 0 Å². The Morgan fingerprint density at radius 2 is 1.81 bits per heavy atom. The minimum absolute atomic E-state index is 0.103. The predicted molar refractivity (Wildman–Crippen MR) is 97.3 cm³/mol. The second-order valence-corrected chi connectivity index (χ2v) is 5.97. The number of hydrogen-bond acceptors (Lipinski definition) is 6. The number of aromatic nitrogens is 2. The Morgan fingerprint density at radius 1 is 1.12 bits per heavy atom. The lowest BCUT2D eigenvalue weighted by Crippen LogP contribution is -2.14. The number of phenolic OH excluding ortho intramolecular Hbond substituents is 1. The van der Waals surface area contributed by atoms with E-state index in [1.54, 1.807) is 0 Å². The molecule has 8 heteroatoms. The molecule has 1 aromatic carbocycles. The minimum Gasteiger partial charge on any atom is -0.506 e. The van der Waals surface area contributed by atoms with Crippen molar-refractivity contribution in [3.05, 3.63) is 41.2 Å². The van der Waals surface area contributed by atoms with Crippen molar-refractivity contribution >= 4 is 23.5 Å². The van der Waals surface area contributed by atoms with Crippen LogP contribution in [0.4, 0.5) is 11.6 Å². The molecule has 1 heterocycles. The van der Waals surface area contributed by atoms with Gasteiger partial charge in [-0.1, -0.05) is 6.07 Å². The first-order valence-electron chi connectivity index (χ1n) is 8.23. The van der Waals surface area contributed by atoms with Gasteiger partial charge in [-0.3, -0.25) is 9.59 Å². The molecule has 0 bridgehead atoms. The van der Waals surface area contributed by atoms with Gasteiger partial charge in [0, 0.05) is 24.4 Å². The van der Waals surface area contributed by atoms with Gasteiger partial charge in [0.05, 0.1) is 12.1 Å². The highest BCUT2D eigenvalue weighted by Gasteiger charge is 2.09. The van der Waals surface area contributed by atoms with Crippen molar-refractivity contribution in [1.82, 2.24) is 9.97 Å². The summed E-state index contributed by atoms with van der Waals surface area (Å²) in [4.78, 5) is 31.3.